The quantitative estimate of drug-likeness (QED) is 0.0324. The monoisotopic (exact) mass is 1310 g/mol. The Labute approximate surface area is 505 Å². The Kier molecular flexibility index (Phi) is 37.7. The van der Waals surface area contributed by atoms with E-state index in [1.165, 1.54) is 0 Å². The third-order valence-electron chi connectivity index (χ3n) is 10.8. The van der Waals surface area contributed by atoms with Gasteiger partial charge in [0, 0.05) is 26.6 Å². The van der Waals surface area contributed by atoms with Gasteiger partial charge in [-0.2, -0.15) is 40.6 Å². The molecule has 0 saturated heterocycles. The van der Waals surface area contributed by atoms with Crippen LogP contribution in [0.5, 0.6) is 0 Å². The Hall–Kier alpha value is -7.16. The largest absolute Gasteiger partial charge is 2.00 e. The van der Waals surface area contributed by atoms with Gasteiger partial charge in [-0.05, 0) is 57.6 Å². The summed E-state index contributed by atoms with van der Waals surface area (Å²) in [5.74, 6) is -0.154. The molecule has 84 heavy (non-hydrogen) atoms. The van der Waals surface area contributed by atoms with Crippen LogP contribution >= 0.6 is 0 Å². The number of carbonyl (C=O) groups excluding carboxylic acids is 2. The standard InChI is InChI=1S/2C26H22N2O.2CHF3O3S.2CH4O.2CH3O.2Cu/c2*29-25(28-20-24-18-10-11-19-27-24)26(21-12-4-1-5-13-21,22-14-6-2-7-15-22)23-16-8-3-9-17-23;2*2-1(3,4)8(5,6)7;4*1-2;;/h2*1-19H,20H2,(H,28,29);2*(H,5,6,7);2*2H,1H3;2*1H3;;/q;;;;;;2*-1;2*+2/p-2. The second-order valence-electron chi connectivity index (χ2n) is 15.5. The molecule has 0 aliphatic rings. The zero-order chi connectivity index (χ0) is 61.9. The van der Waals surface area contributed by atoms with Gasteiger partial charge in [-0.25, -0.2) is 16.8 Å². The second kappa shape index (κ2) is 40.2. The molecule has 26 heteroatoms. The number of hydrogen-bond donors (Lipinski definition) is 4. The smallest absolute Gasteiger partial charge is 0.857 e. The summed E-state index contributed by atoms with van der Waals surface area (Å²) < 4.78 is 118. The van der Waals surface area contributed by atoms with E-state index in [1.807, 2.05) is 218 Å². The van der Waals surface area contributed by atoms with E-state index in [0.29, 0.717) is 13.1 Å². The number of nitrogens with zero attached hydrogens (tertiary/aromatic N) is 2. The second-order valence-corrected chi connectivity index (χ2v) is 18.2. The van der Waals surface area contributed by atoms with Crippen LogP contribution in [0.2, 0.25) is 0 Å². The number of hydrogen-bond acceptors (Lipinski definition) is 14. The molecule has 458 valence electrons. The summed E-state index contributed by atoms with van der Waals surface area (Å²) in [7, 11) is -8.68. The van der Waals surface area contributed by atoms with Gasteiger partial charge in [-0.1, -0.05) is 194 Å². The van der Waals surface area contributed by atoms with Crippen molar-refractivity contribution in [2.45, 2.75) is 34.9 Å². The predicted octanol–water partition coefficient (Wildman–Crippen LogP) is 6.73. The summed E-state index contributed by atoms with van der Waals surface area (Å²) in [5, 5.41) is 36.8. The number of nitrogens with one attached hydrogen (secondary N) is 2. The molecule has 8 rings (SSSR count). The maximum absolute atomic E-state index is 13.9. The van der Waals surface area contributed by atoms with Crippen LogP contribution in [0, 0.1) is 0 Å². The first-order valence-corrected chi connectivity index (χ1v) is 26.4. The van der Waals surface area contributed by atoms with Gasteiger partial charge >= 0.3 is 45.2 Å². The van der Waals surface area contributed by atoms with E-state index in [9.17, 15) is 35.9 Å². The third-order valence-corrected chi connectivity index (χ3v) is 11.9. The van der Waals surface area contributed by atoms with Gasteiger partial charge in [0.25, 0.3) is 0 Å². The van der Waals surface area contributed by atoms with Crippen LogP contribution < -0.4 is 20.8 Å². The normalized spacial score (nSPS) is 10.6. The Bertz CT molecular complexity index is 2830. The average molecular weight is 1310 g/mol. The first-order chi connectivity index (χ1) is 39.1. The Morgan fingerprint density at radius 2 is 0.548 bits per heavy atom. The van der Waals surface area contributed by atoms with Gasteiger partial charge in [0.15, 0.2) is 20.2 Å². The summed E-state index contributed by atoms with van der Waals surface area (Å²) in [5.41, 5.74) is -6.00. The molecule has 0 unspecified atom stereocenters. The minimum Gasteiger partial charge on any atom is -0.857 e. The molecule has 0 aliphatic carbocycles. The number of benzene rings is 6. The summed E-state index contributed by atoms with van der Waals surface area (Å²) >= 11 is 0. The fraction of sp³-hybridized carbons (Fsp3) is 0.172. The zero-order valence-electron chi connectivity index (χ0n) is 44.9. The third kappa shape index (κ3) is 23.1. The molecule has 6 aromatic carbocycles. The van der Waals surface area contributed by atoms with Gasteiger partial charge in [-0.15, -0.1) is 0 Å². The number of pyridine rings is 2. The molecule has 2 aromatic heterocycles. The molecule has 0 saturated carbocycles. The van der Waals surface area contributed by atoms with E-state index in [0.717, 1.165) is 73.2 Å². The van der Waals surface area contributed by atoms with Crippen molar-refractivity contribution < 1.29 is 116 Å². The summed E-state index contributed by atoms with van der Waals surface area (Å²) in [4.78, 5) is 36.5. The summed E-state index contributed by atoms with van der Waals surface area (Å²) in [6.07, 6.45) is 3.47. The number of amides is 2. The Balaban J connectivity index is 0. The van der Waals surface area contributed by atoms with Crippen LogP contribution in [0.25, 0.3) is 0 Å². The van der Waals surface area contributed by atoms with Crippen molar-refractivity contribution in [2.24, 2.45) is 0 Å². The van der Waals surface area contributed by atoms with E-state index >= 15 is 0 Å². The topological polar surface area (TPSA) is 285 Å². The van der Waals surface area contributed by atoms with Crippen LogP contribution in [0.15, 0.2) is 231 Å². The molecule has 0 bridgehead atoms. The maximum Gasteiger partial charge on any atom is 2.00 e. The van der Waals surface area contributed by atoms with Crippen molar-refractivity contribution in [3.05, 3.63) is 276 Å². The molecule has 2 heterocycles. The van der Waals surface area contributed by atoms with E-state index in [2.05, 4.69) is 20.6 Å². The van der Waals surface area contributed by atoms with E-state index in [4.69, 9.17) is 46.4 Å². The molecular weight excluding hydrogens is 1250 g/mol. The number of rotatable bonds is 12. The molecular formula is C58H58Cu2F6N4O12S2. The maximum atomic E-state index is 13.9. The molecule has 0 atom stereocenters. The number of halogens is 6. The molecule has 2 amide bonds. The van der Waals surface area contributed by atoms with E-state index in [1.54, 1.807) is 12.4 Å². The zero-order valence-corrected chi connectivity index (χ0v) is 48.4. The van der Waals surface area contributed by atoms with Gasteiger partial charge in [0.1, 0.15) is 10.8 Å². The average Bonchev–Trinajstić information content (AvgIpc) is 2.19. The van der Waals surface area contributed by atoms with Crippen molar-refractivity contribution in [1.29, 1.82) is 0 Å². The van der Waals surface area contributed by atoms with Crippen LogP contribution in [-0.2, 0) is 87.9 Å². The molecule has 4 N–H and O–H groups in total. The molecule has 2 radical (unpaired) electrons. The van der Waals surface area contributed by atoms with E-state index < -0.39 is 42.1 Å². The van der Waals surface area contributed by atoms with Crippen molar-refractivity contribution in [1.82, 2.24) is 20.6 Å². The summed E-state index contributed by atoms with van der Waals surface area (Å²) in [6, 6.07) is 71.1. The van der Waals surface area contributed by atoms with E-state index in [-0.39, 0.29) is 46.0 Å². The molecule has 0 fully saturated rings. The number of aromatic nitrogens is 2. The van der Waals surface area contributed by atoms with Crippen molar-refractivity contribution in [2.75, 3.05) is 28.4 Å². The number of aliphatic hydroxyl groups is 2. The Morgan fingerprint density at radius 1 is 0.381 bits per heavy atom. The van der Waals surface area contributed by atoms with Crippen LogP contribution in [0.3, 0.4) is 0 Å². The fourth-order valence-corrected chi connectivity index (χ4v) is 7.53. The van der Waals surface area contributed by atoms with Crippen molar-refractivity contribution in [3.8, 4) is 0 Å². The number of alkyl halides is 6. The number of carbonyl (C=O) groups is 2. The van der Waals surface area contributed by atoms with Gasteiger partial charge in [0.2, 0.25) is 11.8 Å². The SMILES string of the molecule is CO.CO.C[O-].C[O-].O=C(NCc1ccccn1)C(c1ccccc1)(c1ccccc1)c1ccccc1.O=C(NCc1ccccn1)C(c1ccccc1)(c1ccccc1)c1ccccc1.O=S(=O)([O-])C(F)(F)F.O=S(=O)([O-])C(F)(F)F.[Cu+2].[Cu+2]. The van der Waals surface area contributed by atoms with Crippen molar-refractivity contribution >= 4 is 32.1 Å². The van der Waals surface area contributed by atoms with Gasteiger partial charge in [-0.3, -0.25) is 19.6 Å². The van der Waals surface area contributed by atoms with Gasteiger partial charge < -0.3 is 40.2 Å². The minimum absolute atomic E-state index is 0. The first kappa shape index (κ1) is 78.9. The van der Waals surface area contributed by atoms with Crippen LogP contribution in [-0.4, -0.2) is 97.4 Å². The summed E-state index contributed by atoms with van der Waals surface area (Å²) in [6.45, 7) is 0.738. The minimum atomic E-state index is -6.09. The molecule has 8 aromatic rings. The Morgan fingerprint density at radius 3 is 0.690 bits per heavy atom. The van der Waals surface area contributed by atoms with Gasteiger partial charge in [0.05, 0.1) is 24.5 Å². The fourth-order valence-electron chi connectivity index (χ4n) is 7.53. The predicted molar refractivity (Wildman–Crippen MR) is 290 cm³/mol. The van der Waals surface area contributed by atoms with Crippen LogP contribution in [0.1, 0.15) is 44.8 Å². The molecule has 0 aliphatic heterocycles. The first-order valence-electron chi connectivity index (χ1n) is 23.6. The number of aliphatic hydroxyl groups excluding tert-OH is 2. The molecule has 0 spiro atoms. The van der Waals surface area contributed by atoms with Crippen LogP contribution in [0.4, 0.5) is 26.3 Å². The molecule has 16 nitrogen and oxygen atoms in total. The van der Waals surface area contributed by atoms with Crippen molar-refractivity contribution in [3.63, 3.8) is 0 Å².